The topological polar surface area (TPSA) is 102 Å². The molecule has 128 valence electrons. The van der Waals surface area contributed by atoms with E-state index in [9.17, 15) is 14.9 Å². The Balaban J connectivity index is 2.16. The van der Waals surface area contributed by atoms with Crippen LogP contribution in [0.3, 0.4) is 0 Å². The van der Waals surface area contributed by atoms with Crippen molar-refractivity contribution in [2.75, 3.05) is 13.2 Å². The molecule has 0 aromatic heterocycles. The third kappa shape index (κ3) is 4.32. The number of nitrogens with zero attached hydrogens (tertiary/aromatic N) is 2. The Bertz CT molecular complexity index is 855. The summed E-state index contributed by atoms with van der Waals surface area (Å²) >= 11 is 0. The van der Waals surface area contributed by atoms with Crippen molar-refractivity contribution in [3.8, 4) is 17.6 Å². The lowest BCUT2D eigenvalue weighted by atomic mass is 10.1. The van der Waals surface area contributed by atoms with Gasteiger partial charge in [0, 0.05) is 23.3 Å². The minimum absolute atomic E-state index is 0.112. The fourth-order valence-electron chi connectivity index (χ4n) is 2.17. The second-order valence-electron chi connectivity index (χ2n) is 5.18. The van der Waals surface area contributed by atoms with Gasteiger partial charge in [-0.1, -0.05) is 12.1 Å². The van der Waals surface area contributed by atoms with Gasteiger partial charge < -0.3 is 9.47 Å². The number of aryl methyl sites for hydroxylation is 1. The zero-order valence-corrected chi connectivity index (χ0v) is 13.8. The van der Waals surface area contributed by atoms with E-state index in [4.69, 9.17) is 14.7 Å². The van der Waals surface area contributed by atoms with Gasteiger partial charge in [-0.3, -0.25) is 14.9 Å². The number of hydrogen-bond donors (Lipinski definition) is 0. The molecule has 0 unspecified atom stereocenters. The molecule has 0 heterocycles. The number of nitro benzene ring substituents is 1. The van der Waals surface area contributed by atoms with Crippen LogP contribution < -0.4 is 9.47 Å². The van der Waals surface area contributed by atoms with Crippen molar-refractivity contribution in [2.24, 2.45) is 0 Å². The minimum Gasteiger partial charge on any atom is -0.490 e. The molecule has 0 aliphatic heterocycles. The van der Waals surface area contributed by atoms with E-state index in [0.29, 0.717) is 29.2 Å². The molecular weight excluding hydrogens is 324 g/mol. The molecule has 2 rings (SSSR count). The molecule has 7 nitrogen and oxygen atoms in total. The van der Waals surface area contributed by atoms with Gasteiger partial charge in [0.05, 0.1) is 23.2 Å². The van der Waals surface area contributed by atoms with E-state index >= 15 is 0 Å². The number of nitriles is 1. The second kappa shape index (κ2) is 7.93. The molecule has 0 fully saturated rings. The van der Waals surface area contributed by atoms with Crippen LogP contribution in [0.25, 0.3) is 0 Å². The van der Waals surface area contributed by atoms with Crippen molar-refractivity contribution in [3.63, 3.8) is 0 Å². The lowest BCUT2D eigenvalue weighted by Gasteiger charge is -2.11. The zero-order valence-electron chi connectivity index (χ0n) is 13.8. The molecule has 2 aromatic rings. The summed E-state index contributed by atoms with van der Waals surface area (Å²) < 4.78 is 10.9. The molecule has 0 aliphatic carbocycles. The molecule has 7 heteroatoms. The van der Waals surface area contributed by atoms with Crippen LogP contribution in [0.5, 0.6) is 11.5 Å². The average Bonchev–Trinajstić information content (AvgIpc) is 2.60. The van der Waals surface area contributed by atoms with E-state index in [-0.39, 0.29) is 17.9 Å². The zero-order chi connectivity index (χ0) is 18.4. The largest absolute Gasteiger partial charge is 0.490 e. The van der Waals surface area contributed by atoms with Crippen LogP contribution >= 0.6 is 0 Å². The van der Waals surface area contributed by atoms with E-state index in [2.05, 4.69) is 0 Å². The van der Waals surface area contributed by atoms with E-state index < -0.39 is 10.7 Å². The maximum absolute atomic E-state index is 12.3. The van der Waals surface area contributed by atoms with Crippen LogP contribution in [-0.2, 0) is 0 Å². The summed E-state index contributed by atoms with van der Waals surface area (Å²) in [5.41, 5.74) is 0.979. The van der Waals surface area contributed by atoms with Crippen LogP contribution in [0.4, 0.5) is 5.69 Å². The van der Waals surface area contributed by atoms with Crippen LogP contribution in [0.2, 0.25) is 0 Å². The maximum atomic E-state index is 12.3. The first-order valence-corrected chi connectivity index (χ1v) is 7.54. The lowest BCUT2D eigenvalue weighted by molar-refractivity contribution is -0.385. The van der Waals surface area contributed by atoms with Crippen molar-refractivity contribution in [1.82, 2.24) is 0 Å². The van der Waals surface area contributed by atoms with Gasteiger partial charge in [-0.25, -0.2) is 0 Å². The monoisotopic (exact) mass is 340 g/mol. The number of hydrogen-bond acceptors (Lipinski definition) is 6. The predicted molar refractivity (Wildman–Crippen MR) is 90.0 cm³/mol. The van der Waals surface area contributed by atoms with Gasteiger partial charge in [0.25, 0.3) is 5.69 Å². The number of ketones is 1. The summed E-state index contributed by atoms with van der Waals surface area (Å²) in [7, 11) is 0. The first-order valence-electron chi connectivity index (χ1n) is 7.54. The molecule has 0 N–H and O–H groups in total. The molecule has 0 bridgehead atoms. The van der Waals surface area contributed by atoms with Crippen LogP contribution in [-0.4, -0.2) is 23.9 Å². The maximum Gasteiger partial charge on any atom is 0.273 e. The van der Waals surface area contributed by atoms with Gasteiger partial charge in [0.2, 0.25) is 0 Å². The van der Waals surface area contributed by atoms with Gasteiger partial charge in [-0.2, -0.15) is 5.26 Å². The number of benzene rings is 2. The van der Waals surface area contributed by atoms with Gasteiger partial charge in [0.1, 0.15) is 0 Å². The van der Waals surface area contributed by atoms with E-state index in [1.165, 1.54) is 24.3 Å². The summed E-state index contributed by atoms with van der Waals surface area (Å²) in [6.45, 7) is 3.48. The Labute approximate surface area is 144 Å². The van der Waals surface area contributed by atoms with E-state index in [1.54, 1.807) is 26.0 Å². The van der Waals surface area contributed by atoms with Crippen molar-refractivity contribution in [3.05, 3.63) is 63.2 Å². The van der Waals surface area contributed by atoms with Crippen molar-refractivity contribution < 1.29 is 19.2 Å². The van der Waals surface area contributed by atoms with Crippen LogP contribution in [0.15, 0.2) is 36.4 Å². The highest BCUT2D eigenvalue weighted by Crippen LogP contribution is 2.28. The molecule has 0 radical (unpaired) electrons. The van der Waals surface area contributed by atoms with E-state index in [1.807, 2.05) is 6.07 Å². The highest BCUT2D eigenvalue weighted by molar-refractivity contribution is 5.98. The summed E-state index contributed by atoms with van der Waals surface area (Å²) in [4.78, 5) is 22.7. The van der Waals surface area contributed by atoms with Gasteiger partial charge in [-0.05, 0) is 26.0 Å². The Morgan fingerprint density at radius 2 is 1.96 bits per heavy atom. The highest BCUT2D eigenvalue weighted by atomic mass is 16.6. The summed E-state index contributed by atoms with van der Waals surface area (Å²) in [6.07, 6.45) is 0. The number of carbonyl (C=O) groups is 1. The third-order valence-corrected chi connectivity index (χ3v) is 3.46. The molecule has 0 saturated carbocycles. The number of nitro groups is 1. The second-order valence-corrected chi connectivity index (χ2v) is 5.18. The number of rotatable bonds is 7. The van der Waals surface area contributed by atoms with Crippen molar-refractivity contribution >= 4 is 11.5 Å². The molecule has 0 aliphatic rings. The summed E-state index contributed by atoms with van der Waals surface area (Å²) in [5.74, 6) is 0.301. The third-order valence-electron chi connectivity index (χ3n) is 3.46. The average molecular weight is 340 g/mol. The SMILES string of the molecule is CCOc1cc(C#N)ccc1OCC(=O)c1ccc(C)c([N+](=O)[O-])c1. The Hall–Kier alpha value is -3.40. The van der Waals surface area contributed by atoms with Gasteiger partial charge in [-0.15, -0.1) is 0 Å². The standard InChI is InChI=1S/C18H16N2O5/c1-3-24-18-8-13(10-19)5-7-17(18)25-11-16(21)14-6-4-12(2)15(9-14)20(22)23/h4-9H,3,11H2,1-2H3. The van der Waals surface area contributed by atoms with Crippen LogP contribution in [0, 0.1) is 28.4 Å². The first-order chi connectivity index (χ1) is 12.0. The molecule has 0 amide bonds. The molecule has 0 saturated heterocycles. The van der Waals surface area contributed by atoms with Gasteiger partial charge in [0.15, 0.2) is 23.9 Å². The van der Waals surface area contributed by atoms with Crippen LogP contribution in [0.1, 0.15) is 28.4 Å². The molecule has 25 heavy (non-hydrogen) atoms. The quantitative estimate of drug-likeness (QED) is 0.434. The number of ether oxygens (including phenoxy) is 2. The summed E-state index contributed by atoms with van der Waals surface area (Å²) in [6, 6.07) is 10.9. The molecular formula is C18H16N2O5. The molecule has 2 aromatic carbocycles. The van der Waals surface area contributed by atoms with Crippen molar-refractivity contribution in [1.29, 1.82) is 5.26 Å². The van der Waals surface area contributed by atoms with Crippen molar-refractivity contribution in [2.45, 2.75) is 13.8 Å². The first kappa shape index (κ1) is 17.9. The lowest BCUT2D eigenvalue weighted by Crippen LogP contribution is -2.12. The normalized spacial score (nSPS) is 9.96. The highest BCUT2D eigenvalue weighted by Gasteiger charge is 2.16. The Morgan fingerprint density at radius 1 is 1.20 bits per heavy atom. The number of carbonyl (C=O) groups excluding carboxylic acids is 1. The summed E-state index contributed by atoms with van der Waals surface area (Å²) in [5, 5.41) is 19.9. The Kier molecular flexibility index (Phi) is 5.69. The smallest absolute Gasteiger partial charge is 0.273 e. The van der Waals surface area contributed by atoms with Gasteiger partial charge >= 0.3 is 0 Å². The molecule has 0 atom stereocenters. The Morgan fingerprint density at radius 3 is 2.60 bits per heavy atom. The minimum atomic E-state index is -0.527. The fourth-order valence-corrected chi connectivity index (χ4v) is 2.17. The number of Topliss-reactive ketones (excluding diaryl/α,β-unsaturated/α-hetero) is 1. The fraction of sp³-hybridized carbons (Fsp3) is 0.222. The molecule has 0 spiro atoms. The predicted octanol–water partition coefficient (Wildman–Crippen LogP) is 3.44. The van der Waals surface area contributed by atoms with E-state index in [0.717, 1.165) is 0 Å².